The lowest BCUT2D eigenvalue weighted by Gasteiger charge is -2.30. The second kappa shape index (κ2) is 9.29. The zero-order chi connectivity index (χ0) is 24.6. The summed E-state index contributed by atoms with van der Waals surface area (Å²) in [7, 11) is -1.45. The number of aromatic amines is 1. The minimum atomic E-state index is -2.95. The van der Waals surface area contributed by atoms with Crippen molar-refractivity contribution in [3.8, 4) is 5.75 Å². The van der Waals surface area contributed by atoms with Crippen LogP contribution in [0.15, 0.2) is 35.1 Å². The summed E-state index contributed by atoms with van der Waals surface area (Å²) in [6.45, 7) is 5.82. The van der Waals surface area contributed by atoms with E-state index in [0.717, 1.165) is 16.6 Å². The van der Waals surface area contributed by atoms with E-state index in [1.54, 1.807) is 13.0 Å². The Hall–Kier alpha value is -3.07. The number of ether oxygens (including phenoxy) is 1. The molecule has 0 aliphatic carbocycles. The maximum absolute atomic E-state index is 13.4. The number of amides is 1. The first-order chi connectivity index (χ1) is 16.1. The molecule has 9 heteroatoms. The van der Waals surface area contributed by atoms with Gasteiger partial charge in [-0.25, -0.2) is 8.42 Å². The van der Waals surface area contributed by atoms with Gasteiger partial charge in [-0.1, -0.05) is 18.2 Å². The molecule has 0 bridgehead atoms. The molecular weight excluding hydrogens is 454 g/mol. The van der Waals surface area contributed by atoms with Gasteiger partial charge < -0.3 is 19.6 Å². The van der Waals surface area contributed by atoms with Gasteiger partial charge in [0.05, 0.1) is 36.3 Å². The van der Waals surface area contributed by atoms with Crippen LogP contribution in [0.1, 0.15) is 53.1 Å². The smallest absolute Gasteiger partial charge is 0.256 e. The van der Waals surface area contributed by atoms with Gasteiger partial charge in [-0.05, 0) is 51.7 Å². The number of fused-ring (bicyclic) bond motifs is 1. The molecule has 0 radical (unpaired) electrons. The molecule has 2 aromatic heterocycles. The number of para-hydroxylation sites is 1. The second-order valence-electron chi connectivity index (χ2n) is 9.09. The fraction of sp³-hybridized carbons (Fsp3) is 0.440. The Bertz CT molecular complexity index is 1390. The number of carbonyl (C=O) groups is 1. The number of nitrogens with one attached hydrogen (secondary N) is 2. The summed E-state index contributed by atoms with van der Waals surface area (Å²) in [5.74, 6) is 0.792. The Morgan fingerprint density at radius 3 is 2.59 bits per heavy atom. The van der Waals surface area contributed by atoms with Crippen LogP contribution in [0.25, 0.3) is 10.9 Å². The lowest BCUT2D eigenvalue weighted by Crippen LogP contribution is -2.29. The molecule has 8 nitrogen and oxygen atoms in total. The number of carbonyl (C=O) groups excluding carboxylic acids is 1. The van der Waals surface area contributed by atoms with Crippen LogP contribution in [0.5, 0.6) is 5.75 Å². The molecular formula is C25H31N3O5S. The summed E-state index contributed by atoms with van der Waals surface area (Å²) >= 11 is 0. The standard InChI is InChI=1S/C25H31N3O5S/c1-15-13-22(33-4)20(24(29)27-15)14-26-25(30)23-17(3)28(21-8-6-5-7-19(21)23)16(2)18-9-11-34(31,32)12-10-18/h5-8,13,16,18H,9-12,14H2,1-4H3,(H,26,30)(H,27,29). The van der Waals surface area contributed by atoms with E-state index in [1.165, 1.54) is 7.11 Å². The van der Waals surface area contributed by atoms with Crippen LogP contribution in [-0.4, -0.2) is 42.5 Å². The van der Waals surface area contributed by atoms with Crippen LogP contribution in [0.4, 0.5) is 0 Å². The van der Waals surface area contributed by atoms with Crippen LogP contribution < -0.4 is 15.6 Å². The number of aromatic nitrogens is 2. The number of rotatable bonds is 6. The molecule has 2 N–H and O–H groups in total. The molecule has 1 aliphatic heterocycles. The summed E-state index contributed by atoms with van der Waals surface area (Å²) in [5.41, 5.74) is 3.08. The number of aryl methyl sites for hydroxylation is 1. The molecule has 0 saturated carbocycles. The average Bonchev–Trinajstić information content (AvgIpc) is 3.09. The third-order valence-corrected chi connectivity index (χ3v) is 8.66. The lowest BCUT2D eigenvalue weighted by molar-refractivity contribution is 0.0951. The Kier molecular flexibility index (Phi) is 6.58. The van der Waals surface area contributed by atoms with Gasteiger partial charge >= 0.3 is 0 Å². The first-order valence-corrected chi connectivity index (χ1v) is 13.3. The number of nitrogens with zero attached hydrogens (tertiary/aromatic N) is 1. The van der Waals surface area contributed by atoms with Gasteiger partial charge in [-0.3, -0.25) is 9.59 Å². The molecule has 1 amide bonds. The van der Waals surface area contributed by atoms with Gasteiger partial charge in [0, 0.05) is 28.3 Å². The number of hydrogen-bond donors (Lipinski definition) is 2. The van der Waals surface area contributed by atoms with E-state index in [2.05, 4.69) is 21.8 Å². The monoisotopic (exact) mass is 485 g/mol. The summed E-state index contributed by atoms with van der Waals surface area (Å²) in [4.78, 5) is 28.5. The number of benzene rings is 1. The van der Waals surface area contributed by atoms with Crippen LogP contribution in [0, 0.1) is 19.8 Å². The SMILES string of the molecule is COc1cc(C)[nH]c(=O)c1CNC(=O)c1c(C)n(C(C)C2CCS(=O)(=O)CC2)c2ccccc12. The fourth-order valence-electron chi connectivity index (χ4n) is 5.10. The maximum atomic E-state index is 13.4. The Morgan fingerprint density at radius 2 is 1.91 bits per heavy atom. The maximum Gasteiger partial charge on any atom is 0.256 e. The predicted octanol–water partition coefficient (Wildman–Crippen LogP) is 3.27. The molecule has 3 heterocycles. The molecule has 1 aliphatic rings. The normalized spacial score (nSPS) is 16.9. The van der Waals surface area contributed by atoms with Crippen molar-refractivity contribution in [2.24, 2.45) is 5.92 Å². The molecule has 1 atom stereocenters. The quantitative estimate of drug-likeness (QED) is 0.557. The Morgan fingerprint density at radius 1 is 1.24 bits per heavy atom. The lowest BCUT2D eigenvalue weighted by atomic mass is 9.94. The number of hydrogen-bond acceptors (Lipinski definition) is 5. The molecule has 3 aromatic rings. The van der Waals surface area contributed by atoms with E-state index < -0.39 is 9.84 Å². The first-order valence-electron chi connectivity index (χ1n) is 11.5. The minimum Gasteiger partial charge on any atom is -0.496 e. The van der Waals surface area contributed by atoms with Crippen molar-refractivity contribution < 1.29 is 17.9 Å². The Labute approximate surface area is 199 Å². The van der Waals surface area contributed by atoms with Crippen molar-refractivity contribution >= 4 is 26.6 Å². The van der Waals surface area contributed by atoms with Gasteiger partial charge in [0.25, 0.3) is 11.5 Å². The van der Waals surface area contributed by atoms with Gasteiger partial charge in [-0.2, -0.15) is 0 Å². The third-order valence-electron chi connectivity index (χ3n) is 6.95. The highest BCUT2D eigenvalue weighted by atomic mass is 32.2. The number of H-pyrrole nitrogens is 1. The molecule has 1 aromatic carbocycles. The third kappa shape index (κ3) is 4.49. The first kappa shape index (κ1) is 24.1. The number of methoxy groups -OCH3 is 1. The second-order valence-corrected chi connectivity index (χ2v) is 11.4. The van der Waals surface area contributed by atoms with Crippen molar-refractivity contribution in [2.45, 2.75) is 46.2 Å². The van der Waals surface area contributed by atoms with Gasteiger partial charge in [0.2, 0.25) is 0 Å². The van der Waals surface area contributed by atoms with E-state index >= 15 is 0 Å². The van der Waals surface area contributed by atoms with Crippen molar-refractivity contribution in [1.29, 1.82) is 0 Å². The van der Waals surface area contributed by atoms with Gasteiger partial charge in [0.1, 0.15) is 15.6 Å². The molecule has 1 unspecified atom stereocenters. The van der Waals surface area contributed by atoms with Crippen LogP contribution in [0.3, 0.4) is 0 Å². The van der Waals surface area contributed by atoms with Crippen molar-refractivity contribution in [3.63, 3.8) is 0 Å². The summed E-state index contributed by atoms with van der Waals surface area (Å²) in [5, 5.41) is 3.73. The van der Waals surface area contributed by atoms with Gasteiger partial charge in [-0.15, -0.1) is 0 Å². The van der Waals surface area contributed by atoms with Crippen LogP contribution in [0.2, 0.25) is 0 Å². The van der Waals surface area contributed by atoms with Crippen LogP contribution in [-0.2, 0) is 16.4 Å². The number of pyridine rings is 1. The van der Waals surface area contributed by atoms with Crippen LogP contribution >= 0.6 is 0 Å². The summed E-state index contributed by atoms with van der Waals surface area (Å²) in [6, 6.07) is 9.52. The van der Waals surface area contributed by atoms with E-state index in [4.69, 9.17) is 4.74 Å². The summed E-state index contributed by atoms with van der Waals surface area (Å²) in [6.07, 6.45) is 1.24. The topological polar surface area (TPSA) is 110 Å². The molecule has 4 rings (SSSR count). The molecule has 34 heavy (non-hydrogen) atoms. The van der Waals surface area contributed by atoms with E-state index in [1.807, 2.05) is 31.2 Å². The van der Waals surface area contributed by atoms with Crippen molar-refractivity contribution in [2.75, 3.05) is 18.6 Å². The van der Waals surface area contributed by atoms with E-state index in [9.17, 15) is 18.0 Å². The zero-order valence-corrected chi connectivity index (χ0v) is 20.8. The minimum absolute atomic E-state index is 0.0343. The van der Waals surface area contributed by atoms with Gasteiger partial charge in [0.15, 0.2) is 0 Å². The number of sulfone groups is 1. The molecule has 0 spiro atoms. The Balaban J connectivity index is 1.66. The van der Waals surface area contributed by atoms with Crippen molar-refractivity contribution in [3.05, 3.63) is 63.2 Å². The average molecular weight is 486 g/mol. The fourth-order valence-corrected chi connectivity index (χ4v) is 6.62. The highest BCUT2D eigenvalue weighted by Crippen LogP contribution is 2.36. The van der Waals surface area contributed by atoms with E-state index in [0.29, 0.717) is 35.4 Å². The van der Waals surface area contributed by atoms with Crippen molar-refractivity contribution in [1.82, 2.24) is 14.9 Å². The highest BCUT2D eigenvalue weighted by molar-refractivity contribution is 7.91. The van der Waals surface area contributed by atoms with E-state index in [-0.39, 0.29) is 41.5 Å². The largest absolute Gasteiger partial charge is 0.496 e. The predicted molar refractivity (Wildman–Crippen MR) is 132 cm³/mol. The molecule has 1 fully saturated rings. The zero-order valence-electron chi connectivity index (χ0n) is 20.0. The summed E-state index contributed by atoms with van der Waals surface area (Å²) < 4.78 is 31.3. The molecule has 182 valence electrons. The molecule has 1 saturated heterocycles. The highest BCUT2D eigenvalue weighted by Gasteiger charge is 2.31.